The van der Waals surface area contributed by atoms with Crippen molar-refractivity contribution in [1.82, 2.24) is 14.9 Å². The van der Waals surface area contributed by atoms with Gasteiger partial charge in [0.2, 0.25) is 0 Å². The summed E-state index contributed by atoms with van der Waals surface area (Å²) in [6.07, 6.45) is -13.1. The van der Waals surface area contributed by atoms with E-state index in [1.807, 2.05) is 37.4 Å². The molecule has 0 unspecified atom stereocenters. The molecule has 11 nitrogen and oxygen atoms in total. The second kappa shape index (κ2) is 16.8. The summed E-state index contributed by atoms with van der Waals surface area (Å²) in [5.74, 6) is -6.18. The number of nitrogens with zero attached hydrogens (tertiary/aromatic N) is 3. The van der Waals surface area contributed by atoms with E-state index in [-0.39, 0.29) is 0 Å². The maximum absolute atomic E-state index is 10.6. The van der Waals surface area contributed by atoms with Crippen molar-refractivity contribution in [1.29, 1.82) is 0 Å². The lowest BCUT2D eigenvalue weighted by molar-refractivity contribution is -0.193. The summed E-state index contributed by atoms with van der Waals surface area (Å²) in [5.41, 5.74) is 2.23. The van der Waals surface area contributed by atoms with Gasteiger partial charge in [-0.15, -0.1) is 0 Å². The van der Waals surface area contributed by atoms with E-state index in [0.29, 0.717) is 17.9 Å². The van der Waals surface area contributed by atoms with Crippen molar-refractivity contribution in [3.63, 3.8) is 0 Å². The largest absolute Gasteiger partial charge is 0.490 e. The average Bonchev–Trinajstić information content (AvgIpc) is 3.48. The third-order valence-electron chi connectivity index (χ3n) is 5.78. The number of carboxylic acid groups (broad SMARTS) is 3. The fourth-order valence-electron chi connectivity index (χ4n) is 3.84. The number of likely N-dealkylation sites (tertiary alicyclic amines) is 1. The first kappa shape index (κ1) is 38.8. The molecule has 2 saturated heterocycles. The highest BCUT2D eigenvalue weighted by Crippen LogP contribution is 2.34. The number of aryl methyl sites for hydroxylation is 1. The van der Waals surface area contributed by atoms with Gasteiger partial charge in [-0.2, -0.15) is 39.5 Å². The lowest BCUT2D eigenvalue weighted by atomic mass is 9.93. The van der Waals surface area contributed by atoms with Crippen LogP contribution in [0.5, 0.6) is 0 Å². The minimum atomic E-state index is -5.08. The molecule has 4 heterocycles. The van der Waals surface area contributed by atoms with E-state index in [0.717, 1.165) is 50.0 Å². The molecule has 2 aromatic heterocycles. The van der Waals surface area contributed by atoms with E-state index in [2.05, 4.69) is 32.3 Å². The van der Waals surface area contributed by atoms with Crippen molar-refractivity contribution in [3.8, 4) is 0 Å². The number of hydrogen-bond acceptors (Lipinski definition) is 8. The smallest absolute Gasteiger partial charge is 0.475 e. The molecule has 0 aromatic carbocycles. The number of nitrogens with one attached hydrogen (secondary N) is 1. The summed E-state index contributed by atoms with van der Waals surface area (Å²) in [4.78, 5) is 38.1. The molecule has 2 aliphatic heterocycles. The monoisotopic (exact) mass is 666 g/mol. The second-order valence-corrected chi connectivity index (χ2v) is 9.26. The standard InChI is InChI=1S/C19H24N4O.3C2HF3O2/c1-14-5-4-6-16(22-14)10-23-11-17-15(13-24-18(17)12-23)9-21-19-7-2-3-8-20-19;3*3-2(4,5)1(6)7/h2-8,15,17-18H,9-13H2,1H3,(H,20,21);3*(H,6,7)/t15-,17+,18+;;;/m0.../s1. The van der Waals surface area contributed by atoms with E-state index in [9.17, 15) is 39.5 Å². The number of fused-ring (bicyclic) bond motifs is 1. The predicted molar refractivity (Wildman–Crippen MR) is 135 cm³/mol. The van der Waals surface area contributed by atoms with Gasteiger partial charge in [0.25, 0.3) is 0 Å². The fourth-order valence-corrected chi connectivity index (χ4v) is 3.84. The van der Waals surface area contributed by atoms with E-state index in [1.165, 1.54) is 0 Å². The number of halogens is 9. The van der Waals surface area contributed by atoms with Crippen molar-refractivity contribution in [3.05, 3.63) is 54.0 Å². The van der Waals surface area contributed by atoms with Gasteiger partial charge in [-0.05, 0) is 31.2 Å². The molecular weight excluding hydrogens is 639 g/mol. The maximum Gasteiger partial charge on any atom is 0.490 e. The number of aromatic nitrogens is 2. The van der Waals surface area contributed by atoms with Crippen molar-refractivity contribution < 1.29 is 74.0 Å². The lowest BCUT2D eigenvalue weighted by Gasteiger charge is -2.20. The summed E-state index contributed by atoms with van der Waals surface area (Å²) in [6, 6.07) is 12.2. The Bertz CT molecular complexity index is 1190. The SMILES string of the molecule is Cc1cccc(CN2C[C@@H]3[C@@H](CNc4ccccn4)CO[C@@H]3C2)n1.O=C(O)C(F)(F)F.O=C(O)C(F)(F)F.O=C(O)C(F)(F)F. The van der Waals surface area contributed by atoms with Crippen molar-refractivity contribution in [2.45, 2.75) is 38.1 Å². The molecule has 45 heavy (non-hydrogen) atoms. The Labute approximate surface area is 248 Å². The van der Waals surface area contributed by atoms with Gasteiger partial charge in [-0.25, -0.2) is 19.4 Å². The molecule has 0 spiro atoms. The minimum Gasteiger partial charge on any atom is -0.475 e. The van der Waals surface area contributed by atoms with Crippen molar-refractivity contribution in [2.24, 2.45) is 11.8 Å². The molecule has 4 N–H and O–H groups in total. The van der Waals surface area contributed by atoms with Gasteiger partial charge in [0, 0.05) is 49.9 Å². The van der Waals surface area contributed by atoms with Crippen molar-refractivity contribution in [2.75, 3.05) is 31.6 Å². The number of pyridine rings is 2. The van der Waals surface area contributed by atoms with E-state index in [4.69, 9.17) is 34.4 Å². The Morgan fingerprint density at radius 3 is 1.84 bits per heavy atom. The molecule has 252 valence electrons. The van der Waals surface area contributed by atoms with E-state index >= 15 is 0 Å². The van der Waals surface area contributed by atoms with Gasteiger partial charge >= 0.3 is 36.4 Å². The van der Waals surface area contributed by atoms with Gasteiger partial charge in [0.15, 0.2) is 0 Å². The predicted octanol–water partition coefficient (Wildman–Crippen LogP) is 4.24. The zero-order valence-electron chi connectivity index (χ0n) is 23.0. The Balaban J connectivity index is 0.000000396. The van der Waals surface area contributed by atoms with E-state index in [1.54, 1.807) is 0 Å². The molecule has 0 amide bonds. The van der Waals surface area contributed by atoms with Crippen LogP contribution in [0.25, 0.3) is 0 Å². The highest BCUT2D eigenvalue weighted by atomic mass is 19.4. The minimum absolute atomic E-state index is 0.366. The van der Waals surface area contributed by atoms with Gasteiger partial charge in [0.05, 0.1) is 18.4 Å². The third-order valence-corrected chi connectivity index (χ3v) is 5.78. The number of carbonyl (C=O) groups is 3. The Kier molecular flexibility index (Phi) is 14.5. The molecule has 2 aromatic rings. The van der Waals surface area contributed by atoms with Crippen LogP contribution in [0, 0.1) is 18.8 Å². The van der Waals surface area contributed by atoms with Crippen LogP contribution in [0.15, 0.2) is 42.6 Å². The molecule has 0 aliphatic carbocycles. The Morgan fingerprint density at radius 1 is 0.867 bits per heavy atom. The number of aliphatic carboxylic acids is 3. The molecule has 4 rings (SSSR count). The van der Waals surface area contributed by atoms with Gasteiger partial charge < -0.3 is 25.4 Å². The summed E-state index contributed by atoms with van der Waals surface area (Å²) < 4.78 is 101. The summed E-state index contributed by atoms with van der Waals surface area (Å²) in [5, 5.41) is 24.8. The molecule has 0 saturated carbocycles. The van der Waals surface area contributed by atoms with Crippen LogP contribution in [-0.2, 0) is 25.7 Å². The first-order chi connectivity index (χ1) is 20.6. The topological polar surface area (TPSA) is 162 Å². The van der Waals surface area contributed by atoms with Crippen LogP contribution in [0.2, 0.25) is 0 Å². The highest BCUT2D eigenvalue weighted by molar-refractivity contribution is 5.73. The molecule has 3 atom stereocenters. The number of anilines is 1. The van der Waals surface area contributed by atoms with Crippen LogP contribution >= 0.6 is 0 Å². The van der Waals surface area contributed by atoms with Crippen LogP contribution in [-0.4, -0.2) is 99.0 Å². The first-order valence-electron chi connectivity index (χ1n) is 12.4. The maximum atomic E-state index is 10.6. The molecule has 0 radical (unpaired) electrons. The molecule has 2 aliphatic rings. The summed E-state index contributed by atoms with van der Waals surface area (Å²) in [6.45, 7) is 6.85. The molecule has 2 fully saturated rings. The zero-order chi connectivity index (χ0) is 34.6. The zero-order valence-corrected chi connectivity index (χ0v) is 23.0. The van der Waals surface area contributed by atoms with Crippen LogP contribution < -0.4 is 5.32 Å². The van der Waals surface area contributed by atoms with Crippen LogP contribution in [0.3, 0.4) is 0 Å². The van der Waals surface area contributed by atoms with Gasteiger partial charge in [-0.3, -0.25) is 9.88 Å². The summed E-state index contributed by atoms with van der Waals surface area (Å²) >= 11 is 0. The number of hydrogen-bond donors (Lipinski definition) is 4. The van der Waals surface area contributed by atoms with Crippen LogP contribution in [0.4, 0.5) is 45.3 Å². The number of rotatable bonds is 5. The highest BCUT2D eigenvalue weighted by Gasteiger charge is 2.43. The third kappa shape index (κ3) is 14.9. The Morgan fingerprint density at radius 2 is 1.40 bits per heavy atom. The molecule has 0 bridgehead atoms. The number of ether oxygens (including phenoxy) is 1. The number of alkyl halides is 9. The first-order valence-corrected chi connectivity index (χ1v) is 12.4. The number of carboxylic acids is 3. The van der Waals surface area contributed by atoms with Crippen LogP contribution in [0.1, 0.15) is 11.4 Å². The summed E-state index contributed by atoms with van der Waals surface area (Å²) in [7, 11) is 0. The molecule has 20 heteroatoms. The fraction of sp³-hybridized carbons (Fsp3) is 0.480. The second-order valence-electron chi connectivity index (χ2n) is 9.26. The van der Waals surface area contributed by atoms with Gasteiger partial charge in [-0.1, -0.05) is 12.1 Å². The molecular formula is C25H27F9N4O7. The van der Waals surface area contributed by atoms with E-state index < -0.39 is 36.4 Å². The van der Waals surface area contributed by atoms with Crippen molar-refractivity contribution >= 4 is 23.7 Å². The quantitative estimate of drug-likeness (QED) is 0.338. The normalized spacial score (nSPS) is 19.4. The average molecular weight is 666 g/mol. The lowest BCUT2D eigenvalue weighted by Crippen LogP contribution is -2.27. The van der Waals surface area contributed by atoms with Gasteiger partial charge in [0.1, 0.15) is 5.82 Å². The Hall–Kier alpha value is -4.20.